The molecule has 4 heteroatoms. The second kappa shape index (κ2) is 6.65. The van der Waals surface area contributed by atoms with Gasteiger partial charge in [0.2, 0.25) is 0 Å². The number of rotatable bonds is 5. The summed E-state index contributed by atoms with van der Waals surface area (Å²) in [5.74, 6) is 1.71. The van der Waals surface area contributed by atoms with Gasteiger partial charge in [-0.3, -0.25) is 0 Å². The van der Waals surface area contributed by atoms with Crippen molar-refractivity contribution in [2.45, 2.75) is 26.4 Å². The topological polar surface area (TPSA) is 44.2 Å². The number of benzene rings is 2. The molecule has 118 valence electrons. The van der Waals surface area contributed by atoms with Crippen LogP contribution in [-0.2, 0) is 6.61 Å². The van der Waals surface area contributed by atoms with Crippen LogP contribution in [0.3, 0.4) is 0 Å². The molecule has 0 saturated carbocycles. The van der Waals surface area contributed by atoms with Crippen molar-refractivity contribution < 1.29 is 9.47 Å². The smallest absolute Gasteiger partial charge is 0.162 e. The molecule has 0 aliphatic heterocycles. The molecular formula is C19H20N2O2. The average Bonchev–Trinajstić information content (AvgIpc) is 2.59. The third-order valence-electron chi connectivity index (χ3n) is 3.74. The number of methoxy groups -OCH3 is 1. The van der Waals surface area contributed by atoms with Crippen molar-refractivity contribution in [2.75, 3.05) is 7.11 Å². The summed E-state index contributed by atoms with van der Waals surface area (Å²) in [6.45, 7) is 4.74. The second-order valence-electron chi connectivity index (χ2n) is 5.71. The maximum atomic E-state index is 5.98. The Morgan fingerprint density at radius 3 is 2.48 bits per heavy atom. The molecule has 1 heterocycles. The van der Waals surface area contributed by atoms with Gasteiger partial charge >= 0.3 is 0 Å². The Labute approximate surface area is 136 Å². The minimum atomic E-state index is 0.316. The van der Waals surface area contributed by atoms with Gasteiger partial charge < -0.3 is 9.47 Å². The lowest BCUT2D eigenvalue weighted by atomic mass is 10.0. The summed E-state index contributed by atoms with van der Waals surface area (Å²) >= 11 is 0. The molecule has 3 rings (SSSR count). The molecule has 4 nitrogen and oxygen atoms in total. The van der Waals surface area contributed by atoms with E-state index in [1.54, 1.807) is 13.4 Å². The van der Waals surface area contributed by atoms with Crippen LogP contribution in [0.15, 0.2) is 48.8 Å². The van der Waals surface area contributed by atoms with E-state index in [9.17, 15) is 0 Å². The monoisotopic (exact) mass is 308 g/mol. The zero-order chi connectivity index (χ0) is 16.2. The van der Waals surface area contributed by atoms with E-state index in [0.29, 0.717) is 24.0 Å². The second-order valence-corrected chi connectivity index (χ2v) is 5.71. The highest BCUT2D eigenvalue weighted by Gasteiger charge is 2.13. The van der Waals surface area contributed by atoms with Gasteiger partial charge in [0.1, 0.15) is 12.9 Å². The maximum Gasteiger partial charge on any atom is 0.162 e. The molecule has 0 saturated heterocycles. The number of hydrogen-bond donors (Lipinski definition) is 0. The minimum absolute atomic E-state index is 0.316. The summed E-state index contributed by atoms with van der Waals surface area (Å²) < 4.78 is 11.4. The van der Waals surface area contributed by atoms with E-state index >= 15 is 0 Å². The van der Waals surface area contributed by atoms with Crippen LogP contribution in [0.25, 0.3) is 10.9 Å². The molecule has 0 aliphatic rings. The first-order chi connectivity index (χ1) is 11.2. The lowest BCUT2D eigenvalue weighted by molar-refractivity contribution is 0.285. The average molecular weight is 308 g/mol. The van der Waals surface area contributed by atoms with Crippen LogP contribution in [0.4, 0.5) is 0 Å². The van der Waals surface area contributed by atoms with Crippen LogP contribution in [-0.4, -0.2) is 17.1 Å². The first-order valence-corrected chi connectivity index (χ1v) is 7.68. The van der Waals surface area contributed by atoms with Gasteiger partial charge in [0.15, 0.2) is 11.5 Å². The molecule has 0 radical (unpaired) electrons. The molecular weight excluding hydrogens is 288 g/mol. The van der Waals surface area contributed by atoms with Gasteiger partial charge in [-0.25, -0.2) is 9.97 Å². The van der Waals surface area contributed by atoms with Gasteiger partial charge in [-0.2, -0.15) is 0 Å². The van der Waals surface area contributed by atoms with E-state index in [-0.39, 0.29) is 0 Å². The zero-order valence-electron chi connectivity index (χ0n) is 13.6. The predicted molar refractivity (Wildman–Crippen MR) is 91.0 cm³/mol. The van der Waals surface area contributed by atoms with Crippen LogP contribution in [0.1, 0.15) is 31.0 Å². The van der Waals surface area contributed by atoms with Crippen LogP contribution in [0.2, 0.25) is 0 Å². The fourth-order valence-electron chi connectivity index (χ4n) is 2.55. The number of aromatic nitrogens is 2. The van der Waals surface area contributed by atoms with Crippen molar-refractivity contribution >= 4 is 10.9 Å². The van der Waals surface area contributed by atoms with Gasteiger partial charge in [-0.15, -0.1) is 0 Å². The van der Waals surface area contributed by atoms with E-state index in [0.717, 1.165) is 22.2 Å². The zero-order valence-corrected chi connectivity index (χ0v) is 13.6. The summed E-state index contributed by atoms with van der Waals surface area (Å²) in [4.78, 5) is 8.76. The largest absolute Gasteiger partial charge is 0.493 e. The van der Waals surface area contributed by atoms with Crippen molar-refractivity contribution in [2.24, 2.45) is 0 Å². The molecule has 0 N–H and O–H groups in total. The quantitative estimate of drug-likeness (QED) is 0.703. The molecule has 0 fully saturated rings. The summed E-state index contributed by atoms with van der Waals surface area (Å²) in [7, 11) is 1.64. The normalized spacial score (nSPS) is 11.0. The molecule has 1 aromatic heterocycles. The van der Waals surface area contributed by atoms with Crippen molar-refractivity contribution in [3.63, 3.8) is 0 Å². The molecule has 3 aromatic rings. The molecule has 0 aliphatic carbocycles. The molecule has 0 unspecified atom stereocenters. The summed E-state index contributed by atoms with van der Waals surface area (Å²) in [6.07, 6.45) is 1.60. The third kappa shape index (κ3) is 3.26. The van der Waals surface area contributed by atoms with Crippen molar-refractivity contribution in [1.82, 2.24) is 9.97 Å². The first kappa shape index (κ1) is 15.3. The maximum absolute atomic E-state index is 5.98. The SMILES string of the molecule is COc1cc2ncnc(C(C)C)c2cc1OCc1ccccc1. The van der Waals surface area contributed by atoms with Gasteiger partial charge in [-0.1, -0.05) is 44.2 Å². The van der Waals surface area contributed by atoms with Gasteiger partial charge in [0.25, 0.3) is 0 Å². The Morgan fingerprint density at radius 1 is 1.00 bits per heavy atom. The first-order valence-electron chi connectivity index (χ1n) is 7.68. The standard InChI is InChI=1S/C19H20N2O2/c1-13(2)19-15-9-18(23-11-14-7-5-4-6-8-14)17(22-3)10-16(15)20-12-21-19/h4-10,12-13H,11H2,1-3H3. The van der Waals surface area contributed by atoms with E-state index in [2.05, 4.69) is 23.8 Å². The van der Waals surface area contributed by atoms with Crippen molar-refractivity contribution in [1.29, 1.82) is 0 Å². The highest BCUT2D eigenvalue weighted by Crippen LogP contribution is 2.34. The van der Waals surface area contributed by atoms with Crippen molar-refractivity contribution in [3.8, 4) is 11.5 Å². The fraction of sp³-hybridized carbons (Fsp3) is 0.263. The van der Waals surface area contributed by atoms with Gasteiger partial charge in [0, 0.05) is 11.5 Å². The lowest BCUT2D eigenvalue weighted by Gasteiger charge is -2.14. The molecule has 0 spiro atoms. The summed E-state index contributed by atoms with van der Waals surface area (Å²) in [5, 5.41) is 1.01. The van der Waals surface area contributed by atoms with Crippen molar-refractivity contribution in [3.05, 3.63) is 60.0 Å². The van der Waals surface area contributed by atoms with E-state index < -0.39 is 0 Å². The summed E-state index contributed by atoms with van der Waals surface area (Å²) in [5.41, 5.74) is 3.00. The van der Waals surface area contributed by atoms with E-state index in [1.165, 1.54) is 0 Å². The Kier molecular flexibility index (Phi) is 4.42. The number of nitrogens with zero attached hydrogens (tertiary/aromatic N) is 2. The van der Waals surface area contributed by atoms with Gasteiger partial charge in [-0.05, 0) is 17.5 Å². The Bertz CT molecular complexity index is 801. The Morgan fingerprint density at radius 2 is 1.78 bits per heavy atom. The molecule has 0 atom stereocenters. The molecule has 0 bridgehead atoms. The molecule has 2 aromatic carbocycles. The number of fused-ring (bicyclic) bond motifs is 1. The summed E-state index contributed by atoms with van der Waals surface area (Å²) in [6, 6.07) is 14.0. The highest BCUT2D eigenvalue weighted by atomic mass is 16.5. The minimum Gasteiger partial charge on any atom is -0.493 e. The van der Waals surface area contributed by atoms with Crippen LogP contribution >= 0.6 is 0 Å². The predicted octanol–water partition coefficient (Wildman–Crippen LogP) is 4.34. The Balaban J connectivity index is 1.99. The third-order valence-corrected chi connectivity index (χ3v) is 3.74. The Hall–Kier alpha value is -2.62. The fourth-order valence-corrected chi connectivity index (χ4v) is 2.55. The number of hydrogen-bond acceptors (Lipinski definition) is 4. The number of ether oxygens (including phenoxy) is 2. The lowest BCUT2D eigenvalue weighted by Crippen LogP contribution is -2.00. The molecule has 0 amide bonds. The van der Waals surface area contributed by atoms with E-state index in [4.69, 9.17) is 9.47 Å². The highest BCUT2D eigenvalue weighted by molar-refractivity contribution is 5.84. The van der Waals surface area contributed by atoms with Crippen LogP contribution in [0, 0.1) is 0 Å². The molecule has 23 heavy (non-hydrogen) atoms. The van der Waals surface area contributed by atoms with Crippen LogP contribution < -0.4 is 9.47 Å². The van der Waals surface area contributed by atoms with Gasteiger partial charge in [0.05, 0.1) is 18.3 Å². The van der Waals surface area contributed by atoms with E-state index in [1.807, 2.05) is 42.5 Å². The van der Waals surface area contributed by atoms with Crippen LogP contribution in [0.5, 0.6) is 11.5 Å².